The van der Waals surface area contributed by atoms with E-state index in [4.69, 9.17) is 0 Å². The molecule has 0 aliphatic heterocycles. The van der Waals surface area contributed by atoms with Crippen LogP contribution in [0.2, 0.25) is 0 Å². The van der Waals surface area contributed by atoms with Crippen LogP contribution < -0.4 is 5.32 Å². The fraction of sp³-hybridized carbons (Fsp3) is 0.136. The Labute approximate surface area is 176 Å². The van der Waals surface area contributed by atoms with E-state index in [0.717, 1.165) is 20.8 Å². The van der Waals surface area contributed by atoms with Crippen molar-refractivity contribution in [1.29, 1.82) is 0 Å². The van der Waals surface area contributed by atoms with Crippen molar-refractivity contribution in [3.05, 3.63) is 88.7 Å². The number of hydrogen-bond donors (Lipinski definition) is 1. The van der Waals surface area contributed by atoms with Crippen LogP contribution in [0, 0.1) is 0 Å². The summed E-state index contributed by atoms with van der Waals surface area (Å²) in [6.07, 6.45) is 3.97. The zero-order valence-corrected chi connectivity index (χ0v) is 17.5. The fourth-order valence-corrected chi connectivity index (χ4v) is 3.61. The minimum atomic E-state index is -0.166. The molecule has 6 heteroatoms. The first-order valence-corrected chi connectivity index (χ1v) is 10.6. The molecule has 0 saturated carbocycles. The molecule has 0 spiro atoms. The van der Waals surface area contributed by atoms with Gasteiger partial charge < -0.3 is 5.32 Å². The average Bonchev–Trinajstić information content (AvgIpc) is 2.73. The fourth-order valence-electron chi connectivity index (χ4n) is 2.52. The minimum Gasteiger partial charge on any atom is -0.326 e. The summed E-state index contributed by atoms with van der Waals surface area (Å²) >= 11 is 5.05. The van der Waals surface area contributed by atoms with Crippen LogP contribution in [0.1, 0.15) is 28.8 Å². The number of amides is 1. The molecule has 0 radical (unpaired) electrons. The second-order valence-corrected chi connectivity index (χ2v) is 8.12. The summed E-state index contributed by atoms with van der Waals surface area (Å²) in [6.45, 7) is 0. The molecule has 0 aliphatic rings. The zero-order valence-electron chi connectivity index (χ0n) is 15.1. The van der Waals surface area contributed by atoms with Crippen LogP contribution in [0.15, 0.2) is 82.4 Å². The number of nitrogens with one attached hydrogen (secondary N) is 1. The zero-order chi connectivity index (χ0) is 19.8. The maximum Gasteiger partial charge on any atom is 0.224 e. The summed E-state index contributed by atoms with van der Waals surface area (Å²) < 4.78 is 0.920. The van der Waals surface area contributed by atoms with E-state index in [-0.39, 0.29) is 24.5 Å². The molecule has 0 bridgehead atoms. The van der Waals surface area contributed by atoms with Crippen LogP contribution in [0.4, 0.5) is 5.69 Å². The maximum atomic E-state index is 12.1. The van der Waals surface area contributed by atoms with Gasteiger partial charge in [0, 0.05) is 51.6 Å². The monoisotopic (exact) mass is 454 g/mol. The molecule has 0 saturated heterocycles. The predicted octanol–water partition coefficient (Wildman–Crippen LogP) is 5.74. The highest BCUT2D eigenvalue weighted by molar-refractivity contribution is 9.10. The molecule has 0 aliphatic carbocycles. The van der Waals surface area contributed by atoms with Crippen molar-refractivity contribution in [1.82, 2.24) is 4.98 Å². The van der Waals surface area contributed by atoms with Crippen molar-refractivity contribution in [2.75, 3.05) is 5.32 Å². The lowest BCUT2D eigenvalue weighted by Gasteiger charge is -2.07. The van der Waals surface area contributed by atoms with Gasteiger partial charge in [-0.05, 0) is 48.0 Å². The third-order valence-corrected chi connectivity index (χ3v) is 5.62. The van der Waals surface area contributed by atoms with Gasteiger partial charge in [0.25, 0.3) is 0 Å². The Hall–Kier alpha value is -2.44. The smallest absolute Gasteiger partial charge is 0.224 e. The van der Waals surface area contributed by atoms with Crippen LogP contribution in [0.5, 0.6) is 0 Å². The van der Waals surface area contributed by atoms with Crippen molar-refractivity contribution in [2.45, 2.75) is 23.5 Å². The van der Waals surface area contributed by atoms with E-state index in [2.05, 4.69) is 26.2 Å². The summed E-state index contributed by atoms with van der Waals surface area (Å²) in [7, 11) is 0. The summed E-state index contributed by atoms with van der Waals surface area (Å²) in [5.41, 5.74) is 2.51. The number of ketones is 1. The van der Waals surface area contributed by atoms with E-state index in [1.165, 1.54) is 5.56 Å². The molecule has 0 atom stereocenters. The Balaban J connectivity index is 1.45. The Kier molecular flexibility index (Phi) is 7.39. The predicted molar refractivity (Wildman–Crippen MR) is 117 cm³/mol. The van der Waals surface area contributed by atoms with Crippen LogP contribution in [-0.4, -0.2) is 16.7 Å². The number of carbonyl (C=O) groups excluding carboxylic acids is 2. The van der Waals surface area contributed by atoms with Gasteiger partial charge in [-0.2, -0.15) is 0 Å². The molecule has 3 rings (SSSR count). The van der Waals surface area contributed by atoms with Gasteiger partial charge in [0.15, 0.2) is 5.78 Å². The number of thioether (sulfide) groups is 1. The van der Waals surface area contributed by atoms with Crippen LogP contribution in [-0.2, 0) is 10.5 Å². The molecular formula is C22H19BrN2O2S. The lowest BCUT2D eigenvalue weighted by Crippen LogP contribution is -2.13. The molecule has 0 fully saturated rings. The summed E-state index contributed by atoms with van der Waals surface area (Å²) in [5.74, 6) is 0.642. The number of nitrogens with zero attached hydrogens (tertiary/aromatic N) is 1. The van der Waals surface area contributed by atoms with Gasteiger partial charge in [-0.1, -0.05) is 34.1 Å². The second kappa shape index (κ2) is 10.2. The molecule has 1 heterocycles. The number of pyridine rings is 1. The first kappa shape index (κ1) is 20.3. The largest absolute Gasteiger partial charge is 0.326 e. The maximum absolute atomic E-state index is 12.1. The number of rotatable bonds is 8. The Morgan fingerprint density at radius 2 is 1.71 bits per heavy atom. The third-order valence-electron chi connectivity index (χ3n) is 4.01. The second-order valence-electron chi connectivity index (χ2n) is 6.15. The van der Waals surface area contributed by atoms with Crippen LogP contribution in [0.3, 0.4) is 0 Å². The standard InChI is InChI=1S/C22H19BrN2O2S/c23-18-5-3-17(4-6-18)21(26)11-12-22(27)25-19-7-9-20(10-8-19)28-15-16-2-1-13-24-14-16/h1-10,13-14H,11-12,15H2,(H,25,27). The van der Waals surface area contributed by atoms with Crippen molar-refractivity contribution in [3.63, 3.8) is 0 Å². The van der Waals surface area contributed by atoms with E-state index >= 15 is 0 Å². The number of hydrogen-bond acceptors (Lipinski definition) is 4. The van der Waals surface area contributed by atoms with Gasteiger partial charge in [0.05, 0.1) is 0 Å². The topological polar surface area (TPSA) is 59.1 Å². The van der Waals surface area contributed by atoms with Crippen molar-refractivity contribution < 1.29 is 9.59 Å². The summed E-state index contributed by atoms with van der Waals surface area (Å²) in [6, 6.07) is 18.8. The van der Waals surface area contributed by atoms with Crippen molar-refractivity contribution in [3.8, 4) is 0 Å². The summed E-state index contributed by atoms with van der Waals surface area (Å²) in [5, 5.41) is 2.84. The lowest BCUT2D eigenvalue weighted by atomic mass is 10.1. The normalized spacial score (nSPS) is 10.5. The third kappa shape index (κ3) is 6.32. The average molecular weight is 455 g/mol. The molecule has 28 heavy (non-hydrogen) atoms. The molecule has 2 aromatic carbocycles. The van der Waals surface area contributed by atoms with E-state index in [1.54, 1.807) is 30.1 Å². The molecule has 142 valence electrons. The van der Waals surface area contributed by atoms with Gasteiger partial charge in [-0.3, -0.25) is 14.6 Å². The van der Waals surface area contributed by atoms with Crippen molar-refractivity contribution >= 4 is 45.1 Å². The number of halogens is 1. The number of anilines is 1. The number of benzene rings is 2. The number of carbonyl (C=O) groups is 2. The molecule has 3 aromatic rings. The minimum absolute atomic E-state index is 0.0372. The molecule has 1 aromatic heterocycles. The van der Waals surface area contributed by atoms with Crippen molar-refractivity contribution in [2.24, 2.45) is 0 Å². The Bertz CT molecular complexity index is 929. The molecule has 4 nitrogen and oxygen atoms in total. The van der Waals surface area contributed by atoms with Gasteiger partial charge >= 0.3 is 0 Å². The molecule has 1 amide bonds. The van der Waals surface area contributed by atoms with Gasteiger partial charge in [0.1, 0.15) is 0 Å². The molecule has 0 unspecified atom stereocenters. The van der Waals surface area contributed by atoms with E-state index in [0.29, 0.717) is 5.56 Å². The van der Waals surface area contributed by atoms with Crippen LogP contribution >= 0.6 is 27.7 Å². The highest BCUT2D eigenvalue weighted by Crippen LogP contribution is 2.24. The highest BCUT2D eigenvalue weighted by atomic mass is 79.9. The van der Waals surface area contributed by atoms with E-state index in [1.807, 2.05) is 54.7 Å². The number of Topliss-reactive ketones (excluding diaryl/α,β-unsaturated/α-hetero) is 1. The van der Waals surface area contributed by atoms with Gasteiger partial charge in [-0.15, -0.1) is 11.8 Å². The quantitative estimate of drug-likeness (QED) is 0.348. The lowest BCUT2D eigenvalue weighted by molar-refractivity contribution is -0.116. The van der Waals surface area contributed by atoms with Gasteiger partial charge in [-0.25, -0.2) is 0 Å². The first-order valence-electron chi connectivity index (χ1n) is 8.80. The first-order chi connectivity index (χ1) is 13.6. The highest BCUT2D eigenvalue weighted by Gasteiger charge is 2.09. The van der Waals surface area contributed by atoms with Crippen LogP contribution in [0.25, 0.3) is 0 Å². The summed E-state index contributed by atoms with van der Waals surface area (Å²) in [4.78, 5) is 29.5. The molecular weight excluding hydrogens is 436 g/mol. The molecule has 1 N–H and O–H groups in total. The Morgan fingerprint density at radius 3 is 2.39 bits per heavy atom. The SMILES string of the molecule is O=C(CCC(=O)c1ccc(Br)cc1)Nc1ccc(SCc2cccnc2)cc1. The van der Waals surface area contributed by atoms with E-state index in [9.17, 15) is 9.59 Å². The van der Waals surface area contributed by atoms with E-state index < -0.39 is 0 Å². The van der Waals surface area contributed by atoms with Gasteiger partial charge in [0.2, 0.25) is 5.91 Å². The number of aromatic nitrogens is 1. The Morgan fingerprint density at radius 1 is 0.964 bits per heavy atom.